The number of thiophene rings is 1. The smallest absolute Gasteiger partial charge is 0.328 e. The highest BCUT2D eigenvalue weighted by atomic mass is 32.1. The molecule has 0 unspecified atom stereocenters. The number of aliphatic hydroxyl groups is 1. The molecule has 1 heterocycles. The molecule has 0 spiro atoms. The minimum Gasteiger partial charge on any atom is -0.461 e. The van der Waals surface area contributed by atoms with Crippen LogP contribution in [0.25, 0.3) is 5.53 Å². The Hall–Kier alpha value is -2.35. The number of hydrogen-bond acceptors (Lipinski definition) is 6. The zero-order chi connectivity index (χ0) is 18.1. The number of Topliss-reactive ketones (excluding diaryl/α,β-unsaturated/α-hetero) is 1. The van der Waals surface area contributed by atoms with Gasteiger partial charge in [-0.1, -0.05) is 6.07 Å². The van der Waals surface area contributed by atoms with E-state index in [1.807, 2.05) is 0 Å². The maximum atomic E-state index is 12.1. The lowest BCUT2D eigenvalue weighted by atomic mass is 10.1. The number of amides is 1. The molecule has 0 aliphatic carbocycles. The van der Waals surface area contributed by atoms with Gasteiger partial charge in [0.05, 0.1) is 6.10 Å². The second kappa shape index (κ2) is 9.71. The third kappa shape index (κ3) is 6.41. The fourth-order valence-corrected chi connectivity index (χ4v) is 2.51. The molecule has 1 aromatic rings. The molecule has 0 fully saturated rings. The van der Waals surface area contributed by atoms with Gasteiger partial charge in [0.15, 0.2) is 6.10 Å². The Kier molecular flexibility index (Phi) is 7.97. The van der Waals surface area contributed by atoms with Crippen molar-refractivity contribution < 1.29 is 29.0 Å². The molecule has 24 heavy (non-hydrogen) atoms. The summed E-state index contributed by atoms with van der Waals surface area (Å²) in [6.07, 6.45) is -1.26. The second-order valence-electron chi connectivity index (χ2n) is 5.21. The van der Waals surface area contributed by atoms with Crippen LogP contribution in [0.3, 0.4) is 0 Å². The predicted molar refractivity (Wildman–Crippen MR) is 86.4 cm³/mol. The van der Waals surface area contributed by atoms with Crippen LogP contribution in [-0.4, -0.2) is 45.9 Å². The van der Waals surface area contributed by atoms with E-state index in [0.717, 1.165) is 0 Å². The molecule has 2 N–H and O–H groups in total. The molecule has 0 aromatic carbocycles. The normalized spacial score (nSPS) is 12.8. The van der Waals surface area contributed by atoms with Crippen molar-refractivity contribution in [3.8, 4) is 0 Å². The molecule has 0 saturated heterocycles. The number of ketones is 1. The van der Waals surface area contributed by atoms with Crippen molar-refractivity contribution in [2.24, 2.45) is 0 Å². The lowest BCUT2D eigenvalue weighted by molar-refractivity contribution is -0.152. The number of nitrogens with zero attached hydrogens (tertiary/aromatic N) is 2. The molecule has 9 heteroatoms. The largest absolute Gasteiger partial charge is 0.461 e. The average Bonchev–Trinajstić information content (AvgIpc) is 3.04. The van der Waals surface area contributed by atoms with Gasteiger partial charge in [-0.15, -0.1) is 11.3 Å². The molecular formula is C15H19N3O5S. The van der Waals surface area contributed by atoms with E-state index in [9.17, 15) is 19.5 Å². The van der Waals surface area contributed by atoms with E-state index in [4.69, 9.17) is 10.3 Å². The fraction of sp³-hybridized carbons (Fsp3) is 0.467. The van der Waals surface area contributed by atoms with Crippen molar-refractivity contribution in [3.05, 3.63) is 27.9 Å². The van der Waals surface area contributed by atoms with Gasteiger partial charge in [0.2, 0.25) is 5.78 Å². The molecule has 2 atom stereocenters. The topological polar surface area (TPSA) is 129 Å². The van der Waals surface area contributed by atoms with Crippen molar-refractivity contribution in [1.29, 1.82) is 0 Å². The molecule has 0 bridgehead atoms. The van der Waals surface area contributed by atoms with Crippen LogP contribution in [0.2, 0.25) is 0 Å². The lowest BCUT2D eigenvalue weighted by Gasteiger charge is -2.20. The number of carbonyl (C=O) groups excluding carboxylic acids is 3. The first-order valence-electron chi connectivity index (χ1n) is 7.27. The maximum Gasteiger partial charge on any atom is 0.328 e. The average molecular weight is 353 g/mol. The summed E-state index contributed by atoms with van der Waals surface area (Å²) in [5, 5.41) is 14.1. The lowest BCUT2D eigenvalue weighted by Crippen LogP contribution is -2.44. The van der Waals surface area contributed by atoms with Gasteiger partial charge in [-0.3, -0.25) is 9.59 Å². The van der Waals surface area contributed by atoms with Crippen molar-refractivity contribution in [3.63, 3.8) is 0 Å². The second-order valence-corrected chi connectivity index (χ2v) is 6.19. The summed E-state index contributed by atoms with van der Waals surface area (Å²) in [6, 6.07) is 2.19. The molecule has 0 radical (unpaired) electrons. The highest BCUT2D eigenvalue weighted by Crippen LogP contribution is 2.19. The number of carbonyl (C=O) groups is 3. The van der Waals surface area contributed by atoms with Gasteiger partial charge < -0.3 is 20.7 Å². The van der Waals surface area contributed by atoms with Crippen molar-refractivity contribution >= 4 is 35.2 Å². The summed E-state index contributed by atoms with van der Waals surface area (Å²) in [7, 11) is 0. The maximum absolute atomic E-state index is 12.1. The van der Waals surface area contributed by atoms with E-state index < -0.39 is 35.9 Å². The standard InChI is InChI=1S/C15H19N3O5S/c1-9(2)23-15(22)11(6-5-10(19)8-17-16)18-14(21)13(20)12-4-3-7-24-12/h3-4,7-9,11,13,20H,5-6H2,1-2H3,(H,18,21)/t11-,13+/m0/s1. The minimum absolute atomic E-state index is 0.0424. The third-order valence-electron chi connectivity index (χ3n) is 2.90. The molecule has 0 aliphatic rings. The SMILES string of the molecule is CC(C)OC(=O)[C@H](CCC(=O)C=[N+]=[N-])NC(=O)[C@H](O)c1cccs1. The van der Waals surface area contributed by atoms with E-state index in [2.05, 4.69) is 10.1 Å². The van der Waals surface area contributed by atoms with Crippen LogP contribution in [0.15, 0.2) is 17.5 Å². The molecule has 1 rings (SSSR count). The van der Waals surface area contributed by atoms with Crippen molar-refractivity contribution in [2.45, 2.75) is 44.9 Å². The van der Waals surface area contributed by atoms with Crippen LogP contribution in [0.4, 0.5) is 0 Å². The number of aliphatic hydroxyl groups excluding tert-OH is 1. The van der Waals surface area contributed by atoms with Crippen LogP contribution in [0.5, 0.6) is 0 Å². The Balaban J connectivity index is 2.76. The van der Waals surface area contributed by atoms with E-state index in [1.165, 1.54) is 11.3 Å². The molecule has 0 saturated carbocycles. The van der Waals surface area contributed by atoms with Gasteiger partial charge >= 0.3 is 12.2 Å². The van der Waals surface area contributed by atoms with Gasteiger partial charge in [-0.05, 0) is 31.7 Å². The first kappa shape index (κ1) is 19.7. The first-order chi connectivity index (χ1) is 11.3. The summed E-state index contributed by atoms with van der Waals surface area (Å²) < 4.78 is 5.05. The Labute approximate surface area is 143 Å². The minimum atomic E-state index is -1.41. The summed E-state index contributed by atoms with van der Waals surface area (Å²) in [6.45, 7) is 3.31. The molecule has 1 amide bonds. The Morgan fingerprint density at radius 2 is 2.17 bits per heavy atom. The Bertz CT molecular complexity index is 623. The molecule has 130 valence electrons. The van der Waals surface area contributed by atoms with Gasteiger partial charge in [0, 0.05) is 11.3 Å². The Morgan fingerprint density at radius 1 is 1.46 bits per heavy atom. The highest BCUT2D eigenvalue weighted by molar-refractivity contribution is 7.10. The molecular weight excluding hydrogens is 334 g/mol. The zero-order valence-electron chi connectivity index (χ0n) is 13.3. The summed E-state index contributed by atoms with van der Waals surface area (Å²) in [5.74, 6) is -1.97. The predicted octanol–water partition coefficient (Wildman–Crippen LogP) is 0.868. The van der Waals surface area contributed by atoms with Gasteiger partial charge in [0.1, 0.15) is 6.04 Å². The van der Waals surface area contributed by atoms with E-state index in [-0.39, 0.29) is 12.8 Å². The van der Waals surface area contributed by atoms with Crippen LogP contribution in [0.1, 0.15) is 37.7 Å². The molecule has 1 aromatic heterocycles. The van der Waals surface area contributed by atoms with Gasteiger partial charge in [0.25, 0.3) is 5.91 Å². The summed E-state index contributed by atoms with van der Waals surface area (Å²) in [4.78, 5) is 38.6. The fourth-order valence-electron chi connectivity index (χ4n) is 1.81. The van der Waals surface area contributed by atoms with E-state index >= 15 is 0 Å². The van der Waals surface area contributed by atoms with Crippen LogP contribution >= 0.6 is 11.3 Å². The first-order valence-corrected chi connectivity index (χ1v) is 8.15. The van der Waals surface area contributed by atoms with Gasteiger partial charge in [-0.25, -0.2) is 4.79 Å². The number of nitrogens with one attached hydrogen (secondary N) is 1. The van der Waals surface area contributed by atoms with E-state index in [1.54, 1.807) is 31.4 Å². The highest BCUT2D eigenvalue weighted by Gasteiger charge is 2.28. The number of hydrogen-bond donors (Lipinski definition) is 2. The summed E-state index contributed by atoms with van der Waals surface area (Å²) in [5.41, 5.74) is 8.31. The molecule has 8 nitrogen and oxygen atoms in total. The number of esters is 1. The zero-order valence-corrected chi connectivity index (χ0v) is 14.2. The van der Waals surface area contributed by atoms with Crippen molar-refractivity contribution in [1.82, 2.24) is 5.32 Å². The quantitative estimate of drug-likeness (QED) is 0.294. The van der Waals surface area contributed by atoms with Gasteiger partial charge in [-0.2, -0.15) is 4.79 Å². The van der Waals surface area contributed by atoms with E-state index in [0.29, 0.717) is 11.1 Å². The Morgan fingerprint density at radius 3 is 2.71 bits per heavy atom. The third-order valence-corrected chi connectivity index (χ3v) is 3.82. The van der Waals surface area contributed by atoms with Crippen molar-refractivity contribution in [2.75, 3.05) is 0 Å². The monoisotopic (exact) mass is 353 g/mol. The van der Waals surface area contributed by atoms with Crippen LogP contribution in [-0.2, 0) is 19.1 Å². The summed E-state index contributed by atoms with van der Waals surface area (Å²) >= 11 is 1.20. The number of rotatable bonds is 9. The van der Waals surface area contributed by atoms with Crippen LogP contribution in [0, 0.1) is 0 Å². The number of ether oxygens (including phenoxy) is 1. The van der Waals surface area contributed by atoms with Crippen LogP contribution < -0.4 is 5.32 Å². The molecule has 0 aliphatic heterocycles.